The zero-order valence-corrected chi connectivity index (χ0v) is 12.5. The van der Waals surface area contributed by atoms with Crippen LogP contribution in [0.5, 0.6) is 17.2 Å². The van der Waals surface area contributed by atoms with Gasteiger partial charge in [0.05, 0.1) is 12.6 Å². The van der Waals surface area contributed by atoms with Crippen molar-refractivity contribution >= 4 is 5.91 Å². The van der Waals surface area contributed by atoms with Gasteiger partial charge in [0.25, 0.3) is 5.91 Å². The van der Waals surface area contributed by atoms with Gasteiger partial charge in [-0.3, -0.25) is 4.79 Å². The molecule has 1 N–H and O–H groups in total. The zero-order chi connectivity index (χ0) is 15.6. The molecular formula is C18H17NO4. The van der Waals surface area contributed by atoms with Crippen molar-refractivity contribution in [2.75, 3.05) is 13.2 Å². The van der Waals surface area contributed by atoms with E-state index in [0.29, 0.717) is 18.1 Å². The van der Waals surface area contributed by atoms with Crippen LogP contribution in [-0.2, 0) is 4.79 Å². The van der Waals surface area contributed by atoms with E-state index in [1.54, 1.807) is 6.07 Å². The summed E-state index contributed by atoms with van der Waals surface area (Å²) in [6.07, 6.45) is 0.104. The summed E-state index contributed by atoms with van der Waals surface area (Å²) in [5.74, 6) is 1.94. The average Bonchev–Trinajstić information content (AvgIpc) is 2.61. The summed E-state index contributed by atoms with van der Waals surface area (Å²) in [6, 6.07) is 15.1. The standard InChI is InChI=1S/C18H17NO4/c20-18(17-11-22-15-7-3-4-8-16(15)23-17)19-13-9-10-21-14-6-2-1-5-12(13)14/h1-8,13,17H,9-11H2,(H,19,20)/t13-,17-/m1/s1. The number of nitrogens with one attached hydrogen (secondary N) is 1. The number of carbonyl (C=O) groups excluding carboxylic acids is 1. The lowest BCUT2D eigenvalue weighted by Crippen LogP contribution is -2.45. The highest BCUT2D eigenvalue weighted by Gasteiger charge is 2.30. The van der Waals surface area contributed by atoms with E-state index in [1.165, 1.54) is 0 Å². The number of ether oxygens (including phenoxy) is 3. The number of hydrogen-bond donors (Lipinski definition) is 1. The van der Waals surface area contributed by atoms with Crippen LogP contribution in [0, 0.1) is 0 Å². The summed E-state index contributed by atoms with van der Waals surface area (Å²) in [6.45, 7) is 0.806. The van der Waals surface area contributed by atoms with Crippen molar-refractivity contribution in [2.45, 2.75) is 18.6 Å². The highest BCUT2D eigenvalue weighted by atomic mass is 16.6. The Labute approximate surface area is 134 Å². The van der Waals surface area contributed by atoms with Crippen LogP contribution >= 0.6 is 0 Å². The molecule has 2 atom stereocenters. The van der Waals surface area contributed by atoms with Gasteiger partial charge in [0.15, 0.2) is 11.5 Å². The second-order valence-electron chi connectivity index (χ2n) is 5.60. The van der Waals surface area contributed by atoms with Crippen LogP contribution in [0.25, 0.3) is 0 Å². The molecule has 0 saturated carbocycles. The molecule has 2 aromatic rings. The van der Waals surface area contributed by atoms with Crippen LogP contribution in [0.15, 0.2) is 48.5 Å². The number of carbonyl (C=O) groups is 1. The van der Waals surface area contributed by atoms with Gasteiger partial charge in [-0.05, 0) is 18.2 Å². The van der Waals surface area contributed by atoms with E-state index >= 15 is 0 Å². The van der Waals surface area contributed by atoms with Crippen LogP contribution in [0.3, 0.4) is 0 Å². The zero-order valence-electron chi connectivity index (χ0n) is 12.5. The molecule has 4 rings (SSSR count). The predicted molar refractivity (Wildman–Crippen MR) is 83.8 cm³/mol. The Balaban J connectivity index is 1.47. The fourth-order valence-electron chi connectivity index (χ4n) is 2.91. The molecule has 2 heterocycles. The Morgan fingerprint density at radius 2 is 1.70 bits per heavy atom. The van der Waals surface area contributed by atoms with Gasteiger partial charge in [-0.1, -0.05) is 30.3 Å². The number of rotatable bonds is 2. The summed E-state index contributed by atoms with van der Waals surface area (Å²) < 4.78 is 17.0. The van der Waals surface area contributed by atoms with E-state index in [2.05, 4.69) is 5.32 Å². The molecule has 5 nitrogen and oxygen atoms in total. The minimum Gasteiger partial charge on any atom is -0.493 e. The molecule has 0 spiro atoms. The summed E-state index contributed by atoms with van der Waals surface area (Å²) in [5.41, 5.74) is 1.00. The normalized spacial score (nSPS) is 21.7. The van der Waals surface area contributed by atoms with Crippen molar-refractivity contribution in [3.63, 3.8) is 0 Å². The highest BCUT2D eigenvalue weighted by Crippen LogP contribution is 2.33. The average molecular weight is 311 g/mol. The van der Waals surface area contributed by atoms with Crippen molar-refractivity contribution in [2.24, 2.45) is 0 Å². The van der Waals surface area contributed by atoms with E-state index in [0.717, 1.165) is 17.7 Å². The smallest absolute Gasteiger partial charge is 0.265 e. The molecule has 1 amide bonds. The predicted octanol–water partition coefficient (Wildman–Crippen LogP) is 2.47. The number of fused-ring (bicyclic) bond motifs is 2. The van der Waals surface area contributed by atoms with E-state index in [9.17, 15) is 4.79 Å². The summed E-state index contributed by atoms with van der Waals surface area (Å²) in [7, 11) is 0. The largest absolute Gasteiger partial charge is 0.493 e. The Morgan fingerprint density at radius 3 is 2.57 bits per heavy atom. The van der Waals surface area contributed by atoms with Gasteiger partial charge >= 0.3 is 0 Å². The van der Waals surface area contributed by atoms with Gasteiger partial charge in [-0.25, -0.2) is 0 Å². The molecule has 2 aliphatic rings. The van der Waals surface area contributed by atoms with Crippen LogP contribution in [0.4, 0.5) is 0 Å². The number of benzene rings is 2. The van der Waals surface area contributed by atoms with Gasteiger partial charge in [-0.15, -0.1) is 0 Å². The van der Waals surface area contributed by atoms with Crippen molar-refractivity contribution in [3.05, 3.63) is 54.1 Å². The van der Waals surface area contributed by atoms with Gasteiger partial charge in [-0.2, -0.15) is 0 Å². The van der Waals surface area contributed by atoms with Gasteiger partial charge in [0.1, 0.15) is 12.4 Å². The summed E-state index contributed by atoms with van der Waals surface area (Å²) >= 11 is 0. The monoisotopic (exact) mass is 311 g/mol. The highest BCUT2D eigenvalue weighted by molar-refractivity contribution is 5.82. The summed E-state index contributed by atoms with van der Waals surface area (Å²) in [4.78, 5) is 12.5. The molecule has 5 heteroatoms. The van der Waals surface area contributed by atoms with Crippen LogP contribution < -0.4 is 19.5 Å². The Kier molecular flexibility index (Phi) is 3.54. The van der Waals surface area contributed by atoms with Crippen molar-refractivity contribution in [3.8, 4) is 17.2 Å². The number of para-hydroxylation sites is 3. The van der Waals surface area contributed by atoms with Crippen molar-refractivity contribution in [1.82, 2.24) is 5.32 Å². The second kappa shape index (κ2) is 5.83. The molecule has 2 aliphatic heterocycles. The minimum absolute atomic E-state index is 0.0618. The maximum atomic E-state index is 12.5. The summed E-state index contributed by atoms with van der Waals surface area (Å²) in [5, 5.41) is 3.05. The number of hydrogen-bond acceptors (Lipinski definition) is 4. The molecule has 118 valence electrons. The molecule has 0 bridgehead atoms. The first kappa shape index (κ1) is 13.9. The SMILES string of the molecule is O=C(N[C@@H]1CCOc2ccccc21)[C@H]1COc2ccccc2O1. The molecule has 0 radical (unpaired) electrons. The van der Waals surface area contributed by atoms with Crippen molar-refractivity contribution < 1.29 is 19.0 Å². The minimum atomic E-state index is -0.639. The lowest BCUT2D eigenvalue weighted by atomic mass is 10.0. The first-order valence-electron chi connectivity index (χ1n) is 7.72. The third kappa shape index (κ3) is 2.70. The van der Waals surface area contributed by atoms with Gasteiger partial charge < -0.3 is 19.5 Å². The van der Waals surface area contributed by atoms with Crippen molar-refractivity contribution in [1.29, 1.82) is 0 Å². The van der Waals surface area contributed by atoms with Gasteiger partial charge in [0.2, 0.25) is 6.10 Å². The van der Waals surface area contributed by atoms with E-state index < -0.39 is 6.10 Å². The van der Waals surface area contributed by atoms with Crippen LogP contribution in [-0.4, -0.2) is 25.2 Å². The fraction of sp³-hybridized carbons (Fsp3) is 0.278. The van der Waals surface area contributed by atoms with Crippen LogP contribution in [0.2, 0.25) is 0 Å². The first-order valence-corrected chi connectivity index (χ1v) is 7.72. The third-order valence-electron chi connectivity index (χ3n) is 4.08. The Morgan fingerprint density at radius 1 is 0.957 bits per heavy atom. The molecule has 0 fully saturated rings. The Bertz CT molecular complexity index is 730. The number of amides is 1. The van der Waals surface area contributed by atoms with E-state index in [4.69, 9.17) is 14.2 Å². The second-order valence-corrected chi connectivity index (χ2v) is 5.60. The van der Waals surface area contributed by atoms with Gasteiger partial charge in [0, 0.05) is 12.0 Å². The molecule has 0 aliphatic carbocycles. The third-order valence-corrected chi connectivity index (χ3v) is 4.08. The maximum Gasteiger partial charge on any atom is 0.265 e. The lowest BCUT2D eigenvalue weighted by Gasteiger charge is -2.30. The quantitative estimate of drug-likeness (QED) is 0.925. The first-order chi connectivity index (χ1) is 11.3. The molecular weight excluding hydrogens is 294 g/mol. The lowest BCUT2D eigenvalue weighted by molar-refractivity contribution is -0.131. The molecule has 23 heavy (non-hydrogen) atoms. The van der Waals surface area contributed by atoms with E-state index in [-0.39, 0.29) is 18.6 Å². The Hall–Kier alpha value is -2.69. The molecule has 0 saturated heterocycles. The fourth-order valence-corrected chi connectivity index (χ4v) is 2.91. The topological polar surface area (TPSA) is 56.8 Å². The van der Waals surface area contributed by atoms with Crippen LogP contribution in [0.1, 0.15) is 18.0 Å². The maximum absolute atomic E-state index is 12.5. The molecule has 0 unspecified atom stereocenters. The molecule has 0 aromatic heterocycles. The molecule has 2 aromatic carbocycles. The van der Waals surface area contributed by atoms with E-state index in [1.807, 2.05) is 42.5 Å².